The first kappa shape index (κ1) is 22.2. The van der Waals surface area contributed by atoms with Crippen LogP contribution in [0.3, 0.4) is 0 Å². The maximum absolute atomic E-state index is 12.6. The van der Waals surface area contributed by atoms with Crippen molar-refractivity contribution in [2.75, 3.05) is 23.7 Å². The number of rotatable bonds is 9. The number of hydrogen-bond acceptors (Lipinski definition) is 5. The molecule has 31 heavy (non-hydrogen) atoms. The van der Waals surface area contributed by atoms with E-state index in [1.54, 1.807) is 36.4 Å². The monoisotopic (exact) mass is 421 g/mol. The van der Waals surface area contributed by atoms with Crippen molar-refractivity contribution in [2.24, 2.45) is 0 Å². The highest BCUT2D eigenvalue weighted by atomic mass is 16.2. The van der Waals surface area contributed by atoms with Gasteiger partial charge in [-0.2, -0.15) is 0 Å². The van der Waals surface area contributed by atoms with Crippen LogP contribution in [-0.2, 0) is 16.1 Å². The van der Waals surface area contributed by atoms with E-state index < -0.39 is 0 Å². The number of H-pyrrole nitrogens is 1. The molecule has 3 aromatic rings. The van der Waals surface area contributed by atoms with Crippen LogP contribution in [0.5, 0.6) is 0 Å². The average Bonchev–Trinajstić information content (AvgIpc) is 2.73. The molecule has 0 saturated carbocycles. The standard InChI is InChI=1S/C23H27N5O3/c1-3-4-13-28(14-21-26-20-8-6-5-7-19(20)23(31)27-21)15-22(30)25-18-11-9-17(10-12-18)24-16(2)29/h5-12H,3-4,13-15H2,1-2H3,(H,24,29)(H,25,30)(H,26,27,31). The van der Waals surface area contributed by atoms with Crippen molar-refractivity contribution >= 4 is 34.1 Å². The van der Waals surface area contributed by atoms with Gasteiger partial charge in [-0.05, 0) is 49.4 Å². The molecule has 3 rings (SSSR count). The van der Waals surface area contributed by atoms with Crippen LogP contribution in [0.1, 0.15) is 32.5 Å². The first-order chi connectivity index (χ1) is 14.9. The first-order valence-corrected chi connectivity index (χ1v) is 10.3. The summed E-state index contributed by atoms with van der Waals surface area (Å²) in [5.74, 6) is 0.225. The van der Waals surface area contributed by atoms with E-state index in [9.17, 15) is 14.4 Å². The number of aromatic nitrogens is 2. The normalized spacial score (nSPS) is 10.9. The molecule has 0 aliphatic heterocycles. The van der Waals surface area contributed by atoms with E-state index in [4.69, 9.17) is 0 Å². The Morgan fingerprint density at radius 1 is 1.03 bits per heavy atom. The maximum atomic E-state index is 12.6. The third kappa shape index (κ3) is 6.48. The lowest BCUT2D eigenvalue weighted by atomic mass is 10.2. The van der Waals surface area contributed by atoms with Crippen LogP contribution in [0, 0.1) is 0 Å². The van der Waals surface area contributed by atoms with Crippen LogP contribution < -0.4 is 16.2 Å². The van der Waals surface area contributed by atoms with Crippen molar-refractivity contribution in [1.82, 2.24) is 14.9 Å². The molecule has 8 heteroatoms. The molecule has 0 radical (unpaired) electrons. The molecule has 1 heterocycles. The third-order valence-corrected chi connectivity index (χ3v) is 4.72. The molecule has 2 aromatic carbocycles. The molecule has 0 bridgehead atoms. The van der Waals surface area contributed by atoms with Gasteiger partial charge in [0.05, 0.1) is 24.0 Å². The van der Waals surface area contributed by atoms with Crippen molar-refractivity contribution < 1.29 is 9.59 Å². The molecular formula is C23H27N5O3. The fraction of sp³-hybridized carbons (Fsp3) is 0.304. The van der Waals surface area contributed by atoms with E-state index in [0.29, 0.717) is 41.2 Å². The summed E-state index contributed by atoms with van der Waals surface area (Å²) < 4.78 is 0. The van der Waals surface area contributed by atoms with Crippen LogP contribution in [0.2, 0.25) is 0 Å². The van der Waals surface area contributed by atoms with Gasteiger partial charge in [0.1, 0.15) is 5.82 Å². The molecule has 0 unspecified atom stereocenters. The van der Waals surface area contributed by atoms with E-state index in [-0.39, 0.29) is 23.9 Å². The number of para-hydroxylation sites is 1. The molecule has 162 valence electrons. The zero-order valence-corrected chi connectivity index (χ0v) is 17.8. The number of fused-ring (bicyclic) bond motifs is 1. The summed E-state index contributed by atoms with van der Waals surface area (Å²) in [7, 11) is 0. The van der Waals surface area contributed by atoms with Crippen LogP contribution in [0.4, 0.5) is 11.4 Å². The number of nitrogens with one attached hydrogen (secondary N) is 3. The van der Waals surface area contributed by atoms with Crippen molar-refractivity contribution in [1.29, 1.82) is 0 Å². The molecule has 1 aromatic heterocycles. The first-order valence-electron chi connectivity index (χ1n) is 10.3. The minimum Gasteiger partial charge on any atom is -0.326 e. The fourth-order valence-corrected chi connectivity index (χ4v) is 3.26. The van der Waals surface area contributed by atoms with Crippen molar-refractivity contribution in [3.8, 4) is 0 Å². The Morgan fingerprint density at radius 3 is 2.39 bits per heavy atom. The smallest absolute Gasteiger partial charge is 0.258 e. The van der Waals surface area contributed by atoms with Gasteiger partial charge in [0.15, 0.2) is 0 Å². The van der Waals surface area contributed by atoms with Crippen molar-refractivity contribution in [2.45, 2.75) is 33.2 Å². The summed E-state index contributed by atoms with van der Waals surface area (Å²) in [4.78, 5) is 45.4. The maximum Gasteiger partial charge on any atom is 0.258 e. The summed E-state index contributed by atoms with van der Waals surface area (Å²) in [5.41, 5.74) is 1.77. The second-order valence-electron chi connectivity index (χ2n) is 7.40. The topological polar surface area (TPSA) is 107 Å². The molecule has 0 spiro atoms. The Balaban J connectivity index is 1.67. The van der Waals surface area contributed by atoms with Crippen LogP contribution >= 0.6 is 0 Å². The lowest BCUT2D eigenvalue weighted by Gasteiger charge is -2.21. The molecule has 0 saturated heterocycles. The minimum absolute atomic E-state index is 0.149. The molecule has 8 nitrogen and oxygen atoms in total. The Kier molecular flexibility index (Phi) is 7.50. The Morgan fingerprint density at radius 2 is 1.71 bits per heavy atom. The van der Waals surface area contributed by atoms with Crippen molar-refractivity contribution in [3.63, 3.8) is 0 Å². The predicted octanol–water partition coefficient (Wildman–Crippen LogP) is 3.12. The van der Waals surface area contributed by atoms with Crippen molar-refractivity contribution in [3.05, 3.63) is 64.7 Å². The summed E-state index contributed by atoms with van der Waals surface area (Å²) in [6.07, 6.45) is 1.92. The second-order valence-corrected chi connectivity index (χ2v) is 7.40. The summed E-state index contributed by atoms with van der Waals surface area (Å²) in [5, 5.41) is 6.11. The number of anilines is 2. The Hall–Kier alpha value is -3.52. The number of unbranched alkanes of at least 4 members (excludes halogenated alkanes) is 1. The highest BCUT2D eigenvalue weighted by molar-refractivity contribution is 5.93. The Bertz CT molecular complexity index is 1110. The highest BCUT2D eigenvalue weighted by Gasteiger charge is 2.14. The number of benzene rings is 2. The molecule has 2 amide bonds. The minimum atomic E-state index is -0.181. The highest BCUT2D eigenvalue weighted by Crippen LogP contribution is 2.14. The van der Waals surface area contributed by atoms with Gasteiger partial charge in [0, 0.05) is 18.3 Å². The van der Waals surface area contributed by atoms with Gasteiger partial charge in [-0.25, -0.2) is 4.98 Å². The number of amides is 2. The summed E-state index contributed by atoms with van der Waals surface area (Å²) in [6.45, 7) is 4.78. The SMILES string of the molecule is CCCCN(CC(=O)Nc1ccc(NC(C)=O)cc1)Cc1nc2ccccc2c(=O)[nH]1. The molecule has 0 aliphatic carbocycles. The van der Waals surface area contributed by atoms with E-state index in [1.165, 1.54) is 6.92 Å². The Labute approximate surface area is 180 Å². The molecule has 0 aliphatic rings. The number of carbonyl (C=O) groups is 2. The molecule has 0 fully saturated rings. The van der Waals surface area contributed by atoms with E-state index in [0.717, 1.165) is 12.8 Å². The van der Waals surface area contributed by atoms with Gasteiger partial charge in [-0.3, -0.25) is 19.3 Å². The van der Waals surface area contributed by atoms with Gasteiger partial charge >= 0.3 is 0 Å². The molecule has 3 N–H and O–H groups in total. The summed E-state index contributed by atoms with van der Waals surface area (Å²) in [6, 6.07) is 14.1. The van der Waals surface area contributed by atoms with E-state index in [2.05, 4.69) is 27.5 Å². The van der Waals surface area contributed by atoms with Gasteiger partial charge in [-0.15, -0.1) is 0 Å². The van der Waals surface area contributed by atoms with Crippen LogP contribution in [0.15, 0.2) is 53.3 Å². The van der Waals surface area contributed by atoms with E-state index >= 15 is 0 Å². The zero-order chi connectivity index (χ0) is 22.2. The lowest BCUT2D eigenvalue weighted by Crippen LogP contribution is -2.34. The molecular weight excluding hydrogens is 394 g/mol. The average molecular weight is 422 g/mol. The lowest BCUT2D eigenvalue weighted by molar-refractivity contribution is -0.117. The molecule has 0 atom stereocenters. The van der Waals surface area contributed by atoms with Crippen LogP contribution in [-0.4, -0.2) is 39.8 Å². The van der Waals surface area contributed by atoms with Gasteiger partial charge < -0.3 is 15.6 Å². The predicted molar refractivity (Wildman–Crippen MR) is 122 cm³/mol. The fourth-order valence-electron chi connectivity index (χ4n) is 3.26. The zero-order valence-electron chi connectivity index (χ0n) is 17.8. The quantitative estimate of drug-likeness (QED) is 0.492. The van der Waals surface area contributed by atoms with Gasteiger partial charge in [-0.1, -0.05) is 25.5 Å². The number of aromatic amines is 1. The largest absolute Gasteiger partial charge is 0.326 e. The second kappa shape index (κ2) is 10.5. The van der Waals surface area contributed by atoms with Gasteiger partial charge in [0.25, 0.3) is 5.56 Å². The number of carbonyl (C=O) groups excluding carboxylic acids is 2. The summed E-state index contributed by atoms with van der Waals surface area (Å²) >= 11 is 0. The van der Waals surface area contributed by atoms with E-state index in [1.807, 2.05) is 17.0 Å². The van der Waals surface area contributed by atoms with Crippen LogP contribution in [0.25, 0.3) is 10.9 Å². The van der Waals surface area contributed by atoms with Gasteiger partial charge in [0.2, 0.25) is 11.8 Å². The number of hydrogen-bond donors (Lipinski definition) is 3. The third-order valence-electron chi connectivity index (χ3n) is 4.72. The number of nitrogens with zero attached hydrogens (tertiary/aromatic N) is 2.